The van der Waals surface area contributed by atoms with Gasteiger partial charge in [-0.3, -0.25) is 10.1 Å². The molecule has 1 saturated heterocycles. The zero-order valence-electron chi connectivity index (χ0n) is 9.85. The molecule has 9 heteroatoms. The molecule has 0 spiro atoms. The lowest BCUT2D eigenvalue weighted by atomic mass is 10.1. The Morgan fingerprint density at radius 1 is 1.47 bits per heavy atom. The highest BCUT2D eigenvalue weighted by molar-refractivity contribution is 7.91. The molecule has 2 unspecified atom stereocenters. The van der Waals surface area contributed by atoms with E-state index in [1.807, 2.05) is 0 Å². The van der Waals surface area contributed by atoms with Gasteiger partial charge < -0.3 is 4.74 Å². The second-order valence-electron chi connectivity index (χ2n) is 4.15. The smallest absolute Gasteiger partial charge is 0.323 e. The van der Waals surface area contributed by atoms with E-state index in [2.05, 4.69) is 10.1 Å². The topological polar surface area (TPSA) is 72.5 Å². The molecule has 2 atom stereocenters. The maximum atomic E-state index is 11.9. The third kappa shape index (κ3) is 3.41. The summed E-state index contributed by atoms with van der Waals surface area (Å²) in [6, 6.07) is 0.170. The molecule has 1 aliphatic rings. The Labute approximate surface area is 124 Å². The summed E-state index contributed by atoms with van der Waals surface area (Å²) in [5, 5.41) is 2.94. The standard InChI is InChI=1S/C10H11Cl2NO4S2/c1-17-10(14)7-4-19(15,16)3-6(13-7)5-2-8(11)18-9(5)12/h2,6-7,13H,3-4H2,1H3. The number of hydrogen-bond donors (Lipinski definition) is 1. The molecule has 106 valence electrons. The van der Waals surface area contributed by atoms with Crippen molar-refractivity contribution >= 4 is 50.3 Å². The van der Waals surface area contributed by atoms with Gasteiger partial charge in [0.2, 0.25) is 0 Å². The number of carbonyl (C=O) groups is 1. The van der Waals surface area contributed by atoms with Crippen LogP contribution >= 0.6 is 34.5 Å². The summed E-state index contributed by atoms with van der Waals surface area (Å²) in [5.41, 5.74) is 0.592. The number of esters is 1. The van der Waals surface area contributed by atoms with Gasteiger partial charge in [-0.1, -0.05) is 23.2 Å². The fourth-order valence-electron chi connectivity index (χ4n) is 1.96. The van der Waals surface area contributed by atoms with Crippen molar-refractivity contribution in [2.75, 3.05) is 18.6 Å². The minimum Gasteiger partial charge on any atom is -0.468 e. The lowest BCUT2D eigenvalue weighted by Crippen LogP contribution is -2.51. The van der Waals surface area contributed by atoms with E-state index < -0.39 is 27.9 Å². The number of hydrogen-bond acceptors (Lipinski definition) is 6. The fraction of sp³-hybridized carbons (Fsp3) is 0.500. The summed E-state index contributed by atoms with van der Waals surface area (Å²) in [5.74, 6) is -0.996. The van der Waals surface area contributed by atoms with Crippen molar-refractivity contribution in [2.45, 2.75) is 12.1 Å². The predicted molar refractivity (Wildman–Crippen MR) is 74.7 cm³/mol. The summed E-state index contributed by atoms with van der Waals surface area (Å²) < 4.78 is 29.2. The number of sulfone groups is 1. The van der Waals surface area contributed by atoms with Crippen molar-refractivity contribution in [3.63, 3.8) is 0 Å². The molecular weight excluding hydrogens is 333 g/mol. The van der Waals surface area contributed by atoms with Crippen molar-refractivity contribution in [1.29, 1.82) is 0 Å². The van der Waals surface area contributed by atoms with Crippen molar-refractivity contribution in [1.82, 2.24) is 5.32 Å². The first-order chi connectivity index (χ1) is 8.82. The number of nitrogens with one attached hydrogen (secondary N) is 1. The second-order valence-corrected chi connectivity index (χ2v) is 8.59. The quantitative estimate of drug-likeness (QED) is 0.826. The molecule has 0 amide bonds. The average Bonchev–Trinajstić information content (AvgIpc) is 2.65. The van der Waals surface area contributed by atoms with Crippen LogP contribution in [0.2, 0.25) is 8.67 Å². The van der Waals surface area contributed by atoms with Crippen LogP contribution in [-0.4, -0.2) is 39.0 Å². The van der Waals surface area contributed by atoms with Gasteiger partial charge in [0, 0.05) is 11.6 Å². The zero-order chi connectivity index (χ0) is 14.2. The van der Waals surface area contributed by atoms with E-state index in [1.54, 1.807) is 6.07 Å². The highest BCUT2D eigenvalue weighted by Gasteiger charge is 2.37. The van der Waals surface area contributed by atoms with E-state index in [0.29, 0.717) is 14.2 Å². The Hall–Kier alpha value is -0.340. The van der Waals surface area contributed by atoms with Gasteiger partial charge in [0.1, 0.15) is 6.04 Å². The molecule has 1 aliphatic heterocycles. The molecule has 1 aromatic rings. The Balaban J connectivity index is 2.31. The molecule has 19 heavy (non-hydrogen) atoms. The number of halogens is 2. The molecule has 0 saturated carbocycles. The molecule has 1 fully saturated rings. The van der Waals surface area contributed by atoms with Gasteiger partial charge in [0.25, 0.3) is 0 Å². The minimum absolute atomic E-state index is 0.118. The summed E-state index contributed by atoms with van der Waals surface area (Å²) in [6.07, 6.45) is 0. The monoisotopic (exact) mass is 343 g/mol. The number of ether oxygens (including phenoxy) is 1. The Kier molecular flexibility index (Phi) is 4.42. The van der Waals surface area contributed by atoms with Crippen LogP contribution in [0.5, 0.6) is 0 Å². The third-order valence-electron chi connectivity index (χ3n) is 2.79. The largest absolute Gasteiger partial charge is 0.468 e. The van der Waals surface area contributed by atoms with Crippen molar-refractivity contribution in [3.8, 4) is 0 Å². The Morgan fingerprint density at radius 3 is 2.68 bits per heavy atom. The SMILES string of the molecule is COC(=O)C1CS(=O)(=O)CC(c2cc(Cl)sc2Cl)N1. The van der Waals surface area contributed by atoms with Crippen LogP contribution in [0.15, 0.2) is 6.07 Å². The lowest BCUT2D eigenvalue weighted by Gasteiger charge is -2.29. The highest BCUT2D eigenvalue weighted by atomic mass is 35.5. The first-order valence-corrected chi connectivity index (χ1v) is 8.71. The van der Waals surface area contributed by atoms with Gasteiger partial charge in [-0.05, 0) is 6.07 Å². The van der Waals surface area contributed by atoms with Gasteiger partial charge >= 0.3 is 5.97 Å². The minimum atomic E-state index is -3.35. The van der Waals surface area contributed by atoms with E-state index in [0.717, 1.165) is 11.3 Å². The molecule has 0 aliphatic carbocycles. The van der Waals surface area contributed by atoms with Crippen LogP contribution in [0, 0.1) is 0 Å². The number of rotatable bonds is 2. The summed E-state index contributed by atoms with van der Waals surface area (Å²) in [7, 11) is -2.14. The fourth-order valence-corrected chi connectivity index (χ4v) is 5.20. The Bertz CT molecular complexity index is 599. The molecule has 1 N–H and O–H groups in total. The molecular formula is C10H11Cl2NO4S2. The number of thiophene rings is 1. The van der Waals surface area contributed by atoms with E-state index in [9.17, 15) is 13.2 Å². The van der Waals surface area contributed by atoms with Gasteiger partial charge in [-0.25, -0.2) is 8.42 Å². The molecule has 1 aromatic heterocycles. The molecule has 2 rings (SSSR count). The van der Waals surface area contributed by atoms with Gasteiger partial charge in [0.15, 0.2) is 9.84 Å². The molecule has 2 heterocycles. The van der Waals surface area contributed by atoms with Crippen LogP contribution in [0.3, 0.4) is 0 Å². The van der Waals surface area contributed by atoms with Gasteiger partial charge in [0.05, 0.1) is 27.3 Å². The van der Waals surface area contributed by atoms with Crippen molar-refractivity contribution < 1.29 is 17.9 Å². The first-order valence-electron chi connectivity index (χ1n) is 5.31. The van der Waals surface area contributed by atoms with E-state index >= 15 is 0 Å². The molecule has 0 aromatic carbocycles. The summed E-state index contributed by atoms with van der Waals surface area (Å²) >= 11 is 13.0. The summed E-state index contributed by atoms with van der Waals surface area (Å²) in [6.45, 7) is 0. The van der Waals surface area contributed by atoms with Crippen molar-refractivity contribution in [2.24, 2.45) is 0 Å². The number of methoxy groups -OCH3 is 1. The van der Waals surface area contributed by atoms with Crippen LogP contribution in [0.4, 0.5) is 0 Å². The van der Waals surface area contributed by atoms with Crippen molar-refractivity contribution in [3.05, 3.63) is 20.3 Å². The lowest BCUT2D eigenvalue weighted by molar-refractivity contribution is -0.142. The predicted octanol–water partition coefficient (Wildman–Crippen LogP) is 1.66. The molecule has 0 radical (unpaired) electrons. The maximum absolute atomic E-state index is 11.9. The van der Waals surface area contributed by atoms with E-state index in [4.69, 9.17) is 23.2 Å². The van der Waals surface area contributed by atoms with Gasteiger partial charge in [-0.15, -0.1) is 11.3 Å². The van der Waals surface area contributed by atoms with Crippen LogP contribution < -0.4 is 5.32 Å². The van der Waals surface area contributed by atoms with E-state index in [-0.39, 0.29) is 11.5 Å². The molecule has 5 nitrogen and oxygen atoms in total. The first kappa shape index (κ1) is 15.1. The Morgan fingerprint density at radius 2 is 2.16 bits per heavy atom. The average molecular weight is 344 g/mol. The maximum Gasteiger partial charge on any atom is 0.323 e. The molecule has 0 bridgehead atoms. The number of carbonyl (C=O) groups excluding carboxylic acids is 1. The normalized spacial score (nSPS) is 26.1. The van der Waals surface area contributed by atoms with Crippen LogP contribution in [0.1, 0.15) is 11.6 Å². The zero-order valence-corrected chi connectivity index (χ0v) is 13.0. The highest BCUT2D eigenvalue weighted by Crippen LogP contribution is 2.36. The second kappa shape index (κ2) is 5.57. The van der Waals surface area contributed by atoms with Crippen LogP contribution in [0.25, 0.3) is 0 Å². The van der Waals surface area contributed by atoms with E-state index in [1.165, 1.54) is 7.11 Å². The van der Waals surface area contributed by atoms with Gasteiger partial charge in [-0.2, -0.15) is 0 Å². The third-order valence-corrected chi connectivity index (χ3v) is 5.99. The summed E-state index contributed by atoms with van der Waals surface area (Å²) in [4.78, 5) is 11.5. The van der Waals surface area contributed by atoms with Crippen LogP contribution in [-0.2, 0) is 19.4 Å².